The molecule has 3 N–H and O–H groups in total. The van der Waals surface area contributed by atoms with Crippen molar-refractivity contribution in [3.8, 4) is 22.6 Å². The number of hydrogen-bond acceptors (Lipinski definition) is 4. The first kappa shape index (κ1) is 15.0. The number of aromatic hydroxyl groups is 2. The Balaban J connectivity index is 1.71. The summed E-state index contributed by atoms with van der Waals surface area (Å²) in [7, 11) is 0. The van der Waals surface area contributed by atoms with Gasteiger partial charge in [0.25, 0.3) is 5.91 Å². The van der Waals surface area contributed by atoms with E-state index in [1.165, 1.54) is 12.1 Å². The van der Waals surface area contributed by atoms with Crippen molar-refractivity contribution in [2.45, 2.75) is 0 Å². The molecule has 4 rings (SSSR count). The number of carbonyl (C=O) groups excluding carboxylic acids is 1. The molecular formula is C20H14N2O3. The van der Waals surface area contributed by atoms with E-state index < -0.39 is 5.91 Å². The number of nitrogens with zero attached hydrogens (tertiary/aromatic N) is 1. The fraction of sp³-hybridized carbons (Fsp3) is 0. The van der Waals surface area contributed by atoms with Crippen molar-refractivity contribution in [3.05, 3.63) is 83.4 Å². The van der Waals surface area contributed by atoms with Gasteiger partial charge >= 0.3 is 0 Å². The third-order valence-corrected chi connectivity index (χ3v) is 4.15. The van der Waals surface area contributed by atoms with E-state index in [0.717, 1.165) is 28.3 Å². The zero-order valence-electron chi connectivity index (χ0n) is 13.1. The van der Waals surface area contributed by atoms with Crippen LogP contribution in [-0.4, -0.2) is 21.8 Å². The van der Waals surface area contributed by atoms with Crippen LogP contribution in [0.1, 0.15) is 21.5 Å². The van der Waals surface area contributed by atoms with E-state index in [2.05, 4.69) is 10.5 Å². The largest absolute Gasteiger partial charge is 0.508 e. The summed E-state index contributed by atoms with van der Waals surface area (Å²) in [6.07, 6.45) is 0. The van der Waals surface area contributed by atoms with Gasteiger partial charge < -0.3 is 10.2 Å². The standard InChI is InChI=1S/C20H14N2O3/c23-12-9-10-17(18(24)11-12)20(25)22-21-19-15-7-3-1-5-13(15)14-6-2-4-8-16(14)19/h1-11,23-24H,(H,22,25). The van der Waals surface area contributed by atoms with E-state index in [0.29, 0.717) is 5.71 Å². The highest BCUT2D eigenvalue weighted by Crippen LogP contribution is 2.36. The predicted octanol–water partition coefficient (Wildman–Crippen LogP) is 3.26. The van der Waals surface area contributed by atoms with Crippen molar-refractivity contribution in [2.75, 3.05) is 0 Å². The Kier molecular flexibility index (Phi) is 3.47. The monoisotopic (exact) mass is 330 g/mol. The molecule has 0 radical (unpaired) electrons. The Morgan fingerprint density at radius 2 is 1.36 bits per heavy atom. The zero-order valence-corrected chi connectivity index (χ0v) is 13.1. The molecule has 0 spiro atoms. The van der Waals surface area contributed by atoms with Crippen LogP contribution in [0.25, 0.3) is 11.1 Å². The number of carbonyl (C=O) groups is 1. The number of hydrogen-bond donors (Lipinski definition) is 3. The van der Waals surface area contributed by atoms with Gasteiger partial charge in [-0.25, -0.2) is 5.43 Å². The minimum absolute atomic E-state index is 0.0433. The minimum atomic E-state index is -0.549. The molecule has 5 heteroatoms. The van der Waals surface area contributed by atoms with E-state index in [-0.39, 0.29) is 17.1 Å². The topological polar surface area (TPSA) is 81.9 Å². The summed E-state index contributed by atoms with van der Waals surface area (Å²) in [5.41, 5.74) is 7.24. The van der Waals surface area contributed by atoms with Crippen LogP contribution in [0.3, 0.4) is 0 Å². The molecule has 0 heterocycles. The van der Waals surface area contributed by atoms with Crippen LogP contribution < -0.4 is 5.43 Å². The number of hydrazone groups is 1. The van der Waals surface area contributed by atoms with Gasteiger partial charge in [0.15, 0.2) is 0 Å². The van der Waals surface area contributed by atoms with Gasteiger partial charge in [-0.1, -0.05) is 48.5 Å². The molecule has 0 fully saturated rings. The second-order valence-electron chi connectivity index (χ2n) is 5.69. The molecule has 122 valence electrons. The molecule has 0 saturated heterocycles. The van der Waals surface area contributed by atoms with Crippen LogP contribution in [0, 0.1) is 0 Å². The van der Waals surface area contributed by atoms with Crippen LogP contribution in [0.2, 0.25) is 0 Å². The normalized spacial score (nSPS) is 11.6. The van der Waals surface area contributed by atoms with Gasteiger partial charge in [0, 0.05) is 17.2 Å². The van der Waals surface area contributed by atoms with Crippen molar-refractivity contribution in [1.29, 1.82) is 0 Å². The maximum atomic E-state index is 12.3. The predicted molar refractivity (Wildman–Crippen MR) is 94.8 cm³/mol. The fourth-order valence-electron chi connectivity index (χ4n) is 2.99. The molecule has 0 aliphatic heterocycles. The van der Waals surface area contributed by atoms with Crippen LogP contribution in [-0.2, 0) is 0 Å². The summed E-state index contributed by atoms with van der Waals surface area (Å²) in [5.74, 6) is -0.962. The average molecular weight is 330 g/mol. The van der Waals surface area contributed by atoms with Crippen molar-refractivity contribution in [2.24, 2.45) is 5.10 Å². The molecule has 1 aliphatic rings. The molecule has 25 heavy (non-hydrogen) atoms. The Morgan fingerprint density at radius 3 is 1.92 bits per heavy atom. The number of benzene rings is 3. The zero-order chi connectivity index (χ0) is 17.4. The quantitative estimate of drug-likeness (QED) is 0.493. The van der Waals surface area contributed by atoms with Crippen LogP contribution in [0.15, 0.2) is 71.8 Å². The number of rotatable bonds is 2. The SMILES string of the molecule is O=C(NN=C1c2ccccc2-c2ccccc21)c1ccc(O)cc1O. The summed E-state index contributed by atoms with van der Waals surface area (Å²) >= 11 is 0. The first-order valence-electron chi connectivity index (χ1n) is 7.74. The van der Waals surface area contributed by atoms with Gasteiger partial charge in [-0.3, -0.25) is 4.79 Å². The molecule has 1 amide bonds. The van der Waals surface area contributed by atoms with Gasteiger partial charge in [-0.2, -0.15) is 5.10 Å². The Bertz CT molecular complexity index is 977. The minimum Gasteiger partial charge on any atom is -0.508 e. The Morgan fingerprint density at radius 1 is 0.800 bits per heavy atom. The van der Waals surface area contributed by atoms with Gasteiger partial charge in [-0.05, 0) is 23.3 Å². The third-order valence-electron chi connectivity index (χ3n) is 4.15. The summed E-state index contributed by atoms with van der Waals surface area (Å²) in [6.45, 7) is 0. The van der Waals surface area contributed by atoms with Crippen molar-refractivity contribution in [1.82, 2.24) is 5.43 Å². The molecule has 3 aromatic rings. The number of fused-ring (bicyclic) bond motifs is 3. The molecule has 5 nitrogen and oxygen atoms in total. The smallest absolute Gasteiger partial charge is 0.275 e. The lowest BCUT2D eigenvalue weighted by atomic mass is 10.1. The van der Waals surface area contributed by atoms with Crippen molar-refractivity contribution in [3.63, 3.8) is 0 Å². The van der Waals surface area contributed by atoms with Crippen LogP contribution >= 0.6 is 0 Å². The Labute approximate surface area is 143 Å². The average Bonchev–Trinajstić information content (AvgIpc) is 2.94. The molecule has 0 unspecified atom stereocenters. The van der Waals surface area contributed by atoms with E-state index in [9.17, 15) is 15.0 Å². The highest BCUT2D eigenvalue weighted by molar-refractivity contribution is 6.24. The Hall–Kier alpha value is -3.60. The molecule has 3 aromatic carbocycles. The summed E-state index contributed by atoms with van der Waals surface area (Å²) in [6, 6.07) is 19.5. The van der Waals surface area contributed by atoms with E-state index in [1.807, 2.05) is 48.5 Å². The fourth-order valence-corrected chi connectivity index (χ4v) is 2.99. The third kappa shape index (κ3) is 2.52. The number of amides is 1. The van der Waals surface area contributed by atoms with Gasteiger partial charge in [0.05, 0.1) is 11.3 Å². The summed E-state index contributed by atoms with van der Waals surface area (Å²) in [4.78, 5) is 12.3. The van der Waals surface area contributed by atoms with Crippen molar-refractivity contribution >= 4 is 11.6 Å². The molecule has 0 atom stereocenters. The molecule has 1 aliphatic carbocycles. The number of nitrogens with one attached hydrogen (secondary N) is 1. The van der Waals surface area contributed by atoms with Crippen LogP contribution in [0.5, 0.6) is 11.5 Å². The second kappa shape index (κ2) is 5.79. The lowest BCUT2D eigenvalue weighted by molar-refractivity contribution is 0.0952. The maximum absolute atomic E-state index is 12.3. The number of phenols is 2. The van der Waals surface area contributed by atoms with E-state index in [1.54, 1.807) is 0 Å². The van der Waals surface area contributed by atoms with Gasteiger partial charge in [-0.15, -0.1) is 0 Å². The number of phenolic OH excluding ortho intramolecular Hbond substituents is 2. The van der Waals surface area contributed by atoms with Crippen LogP contribution in [0.4, 0.5) is 0 Å². The molecule has 0 saturated carbocycles. The van der Waals surface area contributed by atoms with Gasteiger partial charge in [0.1, 0.15) is 11.5 Å². The summed E-state index contributed by atoms with van der Waals surface area (Å²) < 4.78 is 0. The highest BCUT2D eigenvalue weighted by atomic mass is 16.3. The first-order valence-corrected chi connectivity index (χ1v) is 7.74. The lowest BCUT2D eigenvalue weighted by Gasteiger charge is -2.05. The van der Waals surface area contributed by atoms with E-state index in [4.69, 9.17) is 0 Å². The molecular weight excluding hydrogens is 316 g/mol. The lowest BCUT2D eigenvalue weighted by Crippen LogP contribution is -2.20. The summed E-state index contributed by atoms with van der Waals surface area (Å²) in [5, 5.41) is 23.4. The highest BCUT2D eigenvalue weighted by Gasteiger charge is 2.24. The maximum Gasteiger partial charge on any atom is 0.275 e. The second-order valence-corrected chi connectivity index (χ2v) is 5.69. The van der Waals surface area contributed by atoms with Crippen molar-refractivity contribution < 1.29 is 15.0 Å². The van der Waals surface area contributed by atoms with Gasteiger partial charge in [0.2, 0.25) is 0 Å². The van der Waals surface area contributed by atoms with E-state index >= 15 is 0 Å². The first-order chi connectivity index (χ1) is 12.1. The molecule has 0 aromatic heterocycles. The molecule has 0 bridgehead atoms.